The fraction of sp³-hybridized carbons (Fsp3) is 0.419. The van der Waals surface area contributed by atoms with E-state index in [9.17, 15) is 9.59 Å². The van der Waals surface area contributed by atoms with Crippen LogP contribution in [0.1, 0.15) is 63.3 Å². The number of aromatic nitrogens is 4. The molecular weight excluding hydrogens is 554 g/mol. The maximum absolute atomic E-state index is 13.5. The van der Waals surface area contributed by atoms with E-state index in [2.05, 4.69) is 62.0 Å². The second-order valence-electron chi connectivity index (χ2n) is 11.4. The van der Waals surface area contributed by atoms with E-state index in [-0.39, 0.29) is 30.3 Å². The quantitative estimate of drug-likeness (QED) is 0.242. The highest BCUT2D eigenvalue weighted by Gasteiger charge is 2.37. The summed E-state index contributed by atoms with van der Waals surface area (Å²) in [6, 6.07) is 14.3. The number of likely N-dealkylation sites (tertiary alicyclic amines) is 1. The van der Waals surface area contributed by atoms with Crippen molar-refractivity contribution in [2.75, 3.05) is 20.2 Å². The SMILES string of the molecule is COC(=O)N[C@H](C(=O)N1CCC[C@H]1c1nc2ccc(-c3ccc(-c4c[nH+]c([C@@H]5CCCN5)[nH]4)cc3)cc2[nH]1)C(C)C.Cl. The van der Waals surface area contributed by atoms with Gasteiger partial charge in [0.15, 0.2) is 5.69 Å². The normalized spacial score (nSPS) is 19.2. The van der Waals surface area contributed by atoms with Gasteiger partial charge in [0.25, 0.3) is 5.82 Å². The maximum atomic E-state index is 13.5. The monoisotopic (exact) mass is 592 g/mol. The van der Waals surface area contributed by atoms with E-state index < -0.39 is 12.1 Å². The summed E-state index contributed by atoms with van der Waals surface area (Å²) in [5, 5.41) is 6.22. The van der Waals surface area contributed by atoms with Crippen molar-refractivity contribution in [2.24, 2.45) is 5.92 Å². The lowest BCUT2D eigenvalue weighted by molar-refractivity contribution is -0.391. The molecule has 42 heavy (non-hydrogen) atoms. The van der Waals surface area contributed by atoms with Crippen molar-refractivity contribution in [1.29, 1.82) is 0 Å². The van der Waals surface area contributed by atoms with Crippen molar-refractivity contribution in [3.8, 4) is 22.4 Å². The van der Waals surface area contributed by atoms with Crippen molar-refractivity contribution < 1.29 is 19.3 Å². The Kier molecular flexibility index (Phi) is 8.84. The van der Waals surface area contributed by atoms with Crippen LogP contribution < -0.4 is 15.6 Å². The molecule has 2 amide bonds. The summed E-state index contributed by atoms with van der Waals surface area (Å²) in [6.45, 7) is 5.52. The fourth-order valence-corrected chi connectivity index (χ4v) is 6.04. The van der Waals surface area contributed by atoms with E-state index in [4.69, 9.17) is 9.72 Å². The van der Waals surface area contributed by atoms with Crippen LogP contribution in [0.4, 0.5) is 4.79 Å². The minimum absolute atomic E-state index is 0. The Balaban J connectivity index is 0.00000353. The van der Waals surface area contributed by atoms with Gasteiger partial charge in [-0.05, 0) is 73.5 Å². The van der Waals surface area contributed by atoms with E-state index >= 15 is 0 Å². The molecule has 2 aliphatic rings. The number of nitrogens with one attached hydrogen (secondary N) is 5. The molecule has 0 radical (unpaired) electrons. The van der Waals surface area contributed by atoms with E-state index in [1.165, 1.54) is 13.5 Å². The molecule has 0 bridgehead atoms. The Morgan fingerprint density at radius 2 is 1.81 bits per heavy atom. The first-order valence-corrected chi connectivity index (χ1v) is 14.5. The number of carbonyl (C=O) groups is 2. The average molecular weight is 593 g/mol. The number of imidazole rings is 2. The molecular formula is C31H39ClN7O3+. The summed E-state index contributed by atoms with van der Waals surface area (Å²) in [7, 11) is 1.30. The third-order valence-corrected chi connectivity index (χ3v) is 8.32. The molecule has 0 unspecified atom stereocenters. The van der Waals surface area contributed by atoms with E-state index in [1.807, 2.05) is 31.0 Å². The standard InChI is InChI=1S/C31H37N7O3.ClH/c1-18(2)27(37-31(40)41-3)30(39)38-15-5-7-26(38)29-34-22-13-12-21(16-24(22)35-29)19-8-10-20(11-9-19)25-17-33-28(36-25)23-6-4-14-32-23;/h8-13,16-18,23,26-27,32H,4-7,14-15H2,1-3H3,(H,33,36)(H,34,35)(H,37,40);1H/p+1/t23-,26-,27-;/m0./s1. The molecule has 5 N–H and O–H groups in total. The minimum atomic E-state index is -0.656. The van der Waals surface area contributed by atoms with Gasteiger partial charge in [-0.1, -0.05) is 32.0 Å². The molecule has 2 aromatic heterocycles. The Morgan fingerprint density at radius 3 is 2.52 bits per heavy atom. The number of hydrogen-bond acceptors (Lipinski definition) is 5. The number of H-pyrrole nitrogens is 3. The van der Waals surface area contributed by atoms with Crippen LogP contribution in [-0.4, -0.2) is 58.1 Å². The Labute approximate surface area is 251 Å². The first kappa shape index (κ1) is 29.6. The molecule has 2 saturated heterocycles. The average Bonchev–Trinajstić information content (AvgIpc) is 3.80. The van der Waals surface area contributed by atoms with Crippen molar-refractivity contribution in [2.45, 2.75) is 57.7 Å². The Hall–Kier alpha value is -3.89. The number of ether oxygens (including phenoxy) is 1. The number of rotatable bonds is 7. The number of benzene rings is 2. The number of aromatic amines is 3. The van der Waals surface area contributed by atoms with E-state index in [0.717, 1.165) is 70.9 Å². The van der Waals surface area contributed by atoms with Crippen molar-refractivity contribution in [3.63, 3.8) is 0 Å². The van der Waals surface area contributed by atoms with Crippen LogP contribution in [0.5, 0.6) is 0 Å². The van der Waals surface area contributed by atoms with Crippen molar-refractivity contribution in [3.05, 3.63) is 60.3 Å². The first-order valence-electron chi connectivity index (χ1n) is 14.5. The van der Waals surface area contributed by atoms with Gasteiger partial charge in [-0.15, -0.1) is 12.4 Å². The number of nitrogens with zero attached hydrogens (tertiary/aromatic N) is 2. The zero-order valence-electron chi connectivity index (χ0n) is 24.2. The highest BCUT2D eigenvalue weighted by molar-refractivity contribution is 5.87. The smallest absolute Gasteiger partial charge is 0.407 e. The van der Waals surface area contributed by atoms with E-state index in [1.54, 1.807) is 0 Å². The molecule has 4 heterocycles. The van der Waals surface area contributed by atoms with Gasteiger partial charge in [-0.25, -0.2) is 19.7 Å². The van der Waals surface area contributed by atoms with Gasteiger partial charge in [0.1, 0.15) is 24.1 Å². The molecule has 0 spiro atoms. The lowest BCUT2D eigenvalue weighted by Gasteiger charge is -2.29. The van der Waals surface area contributed by atoms with Crippen molar-refractivity contribution in [1.82, 2.24) is 30.5 Å². The zero-order valence-corrected chi connectivity index (χ0v) is 25.0. The van der Waals surface area contributed by atoms with Gasteiger partial charge in [-0.3, -0.25) is 4.79 Å². The fourth-order valence-electron chi connectivity index (χ4n) is 6.04. The van der Waals surface area contributed by atoms with Crippen LogP contribution in [0, 0.1) is 5.92 Å². The molecule has 11 heteroatoms. The van der Waals surface area contributed by atoms with Crippen LogP contribution in [0.3, 0.4) is 0 Å². The molecule has 6 rings (SSSR count). The molecule has 2 fully saturated rings. The number of amides is 2. The number of halogens is 1. The minimum Gasteiger partial charge on any atom is -0.453 e. The molecule has 2 aliphatic heterocycles. The molecule has 222 valence electrons. The van der Waals surface area contributed by atoms with Gasteiger partial charge >= 0.3 is 6.09 Å². The van der Waals surface area contributed by atoms with Gasteiger partial charge in [-0.2, -0.15) is 0 Å². The van der Waals surface area contributed by atoms with Crippen LogP contribution in [0.25, 0.3) is 33.4 Å². The number of methoxy groups -OCH3 is 1. The number of carbonyl (C=O) groups excluding carboxylic acids is 2. The van der Waals surface area contributed by atoms with E-state index in [0.29, 0.717) is 12.6 Å². The number of fused-ring (bicyclic) bond motifs is 1. The van der Waals surface area contributed by atoms with Gasteiger partial charge in [0.2, 0.25) is 5.91 Å². The molecule has 0 saturated carbocycles. The largest absolute Gasteiger partial charge is 0.453 e. The summed E-state index contributed by atoms with van der Waals surface area (Å²) < 4.78 is 4.75. The third-order valence-electron chi connectivity index (χ3n) is 8.32. The highest BCUT2D eigenvalue weighted by atomic mass is 35.5. The lowest BCUT2D eigenvalue weighted by atomic mass is 10.0. The molecule has 4 aromatic rings. The zero-order chi connectivity index (χ0) is 28.5. The maximum Gasteiger partial charge on any atom is 0.407 e. The van der Waals surface area contributed by atoms with Crippen LogP contribution in [0.15, 0.2) is 48.7 Å². The first-order chi connectivity index (χ1) is 19.9. The molecule has 10 nitrogen and oxygen atoms in total. The summed E-state index contributed by atoms with van der Waals surface area (Å²) in [5.74, 6) is 1.72. The summed E-state index contributed by atoms with van der Waals surface area (Å²) in [6.07, 6.45) is 5.48. The van der Waals surface area contributed by atoms with Crippen LogP contribution in [0.2, 0.25) is 0 Å². The van der Waals surface area contributed by atoms with Crippen molar-refractivity contribution >= 4 is 35.4 Å². The van der Waals surface area contributed by atoms with Crippen LogP contribution in [-0.2, 0) is 9.53 Å². The van der Waals surface area contributed by atoms with Gasteiger partial charge in [0, 0.05) is 12.1 Å². The van der Waals surface area contributed by atoms with Gasteiger partial charge in [0.05, 0.1) is 24.2 Å². The third kappa shape index (κ3) is 5.87. The topological polar surface area (TPSA) is 129 Å². The van der Waals surface area contributed by atoms with Gasteiger partial charge < -0.3 is 25.3 Å². The number of alkyl carbamates (subject to hydrolysis) is 1. The van der Waals surface area contributed by atoms with Crippen LogP contribution >= 0.6 is 12.4 Å². The summed E-state index contributed by atoms with van der Waals surface area (Å²) in [4.78, 5) is 42.5. The predicted molar refractivity (Wildman–Crippen MR) is 163 cm³/mol. The lowest BCUT2D eigenvalue weighted by Crippen LogP contribution is -2.51. The molecule has 2 aromatic carbocycles. The highest BCUT2D eigenvalue weighted by Crippen LogP contribution is 2.34. The summed E-state index contributed by atoms with van der Waals surface area (Å²) in [5.41, 5.74) is 6.21. The predicted octanol–water partition coefficient (Wildman–Crippen LogP) is 4.93. The Bertz CT molecular complexity index is 1540. The second-order valence-corrected chi connectivity index (χ2v) is 11.4. The molecule has 3 atom stereocenters. The molecule has 0 aliphatic carbocycles. The second kappa shape index (κ2) is 12.5. The summed E-state index contributed by atoms with van der Waals surface area (Å²) >= 11 is 0. The Morgan fingerprint density at radius 1 is 1.05 bits per heavy atom. The number of hydrogen-bond donors (Lipinski definition) is 4.